The van der Waals surface area contributed by atoms with Gasteiger partial charge in [0, 0.05) is 11.6 Å². The average Bonchev–Trinajstić information content (AvgIpc) is 2.79. The smallest absolute Gasteiger partial charge is 0.270 e. The number of allylic oxidation sites excluding steroid dienone is 1. The second-order valence-corrected chi connectivity index (χ2v) is 9.17. The van der Waals surface area contributed by atoms with E-state index in [1.165, 1.54) is 20.3 Å². The number of benzene rings is 2. The summed E-state index contributed by atoms with van der Waals surface area (Å²) < 4.78 is 44.4. The summed E-state index contributed by atoms with van der Waals surface area (Å²) in [5.74, 6) is 0.823. The van der Waals surface area contributed by atoms with Crippen molar-refractivity contribution in [1.82, 2.24) is 5.32 Å². The first-order valence-corrected chi connectivity index (χ1v) is 11.8. The third-order valence-corrected chi connectivity index (χ3v) is 7.24. The first kappa shape index (κ1) is 24.2. The second-order valence-electron chi connectivity index (χ2n) is 7.37. The molecule has 9 heteroatoms. The lowest BCUT2D eigenvalue weighted by atomic mass is 10.0. The van der Waals surface area contributed by atoms with Crippen molar-refractivity contribution in [1.29, 1.82) is 0 Å². The Morgan fingerprint density at radius 3 is 2.39 bits per heavy atom. The quantitative estimate of drug-likeness (QED) is 0.445. The minimum Gasteiger partial charge on any atom is -0.493 e. The molecule has 0 aliphatic carbocycles. The predicted molar refractivity (Wildman–Crippen MR) is 128 cm³/mol. The van der Waals surface area contributed by atoms with Crippen LogP contribution in [0.25, 0.3) is 5.57 Å². The van der Waals surface area contributed by atoms with E-state index in [9.17, 15) is 13.2 Å². The number of para-hydroxylation sites is 1. The zero-order valence-corrected chi connectivity index (χ0v) is 20.0. The third-order valence-electron chi connectivity index (χ3n) is 5.30. The summed E-state index contributed by atoms with van der Waals surface area (Å²) in [7, 11) is -1.17. The SMILES string of the molecule is C=CCN1c2cc(OC)c(OC)cc2C(C)=C(C(=O)NCCOc2ccccc2C)S1(=O)=O. The number of methoxy groups -OCH3 is 2. The monoisotopic (exact) mass is 472 g/mol. The summed E-state index contributed by atoms with van der Waals surface area (Å²) in [6.07, 6.45) is 1.46. The van der Waals surface area contributed by atoms with Gasteiger partial charge in [0.05, 0.1) is 33.0 Å². The highest BCUT2D eigenvalue weighted by Gasteiger charge is 2.39. The largest absolute Gasteiger partial charge is 0.493 e. The number of rotatable bonds is 9. The van der Waals surface area contributed by atoms with Crippen LogP contribution in [0, 0.1) is 6.92 Å². The van der Waals surface area contributed by atoms with Crippen LogP contribution in [0.5, 0.6) is 17.2 Å². The lowest BCUT2D eigenvalue weighted by Gasteiger charge is -2.32. The average molecular weight is 473 g/mol. The van der Waals surface area contributed by atoms with Crippen molar-refractivity contribution in [3.8, 4) is 17.2 Å². The van der Waals surface area contributed by atoms with E-state index in [2.05, 4.69) is 11.9 Å². The van der Waals surface area contributed by atoms with Gasteiger partial charge in [-0.25, -0.2) is 8.42 Å². The van der Waals surface area contributed by atoms with Gasteiger partial charge in [-0.15, -0.1) is 6.58 Å². The number of aryl methyl sites for hydroxylation is 1. The summed E-state index contributed by atoms with van der Waals surface area (Å²) in [6.45, 7) is 7.51. The molecule has 2 aromatic rings. The first-order chi connectivity index (χ1) is 15.8. The molecule has 3 rings (SSSR count). The Bertz CT molecular complexity index is 1200. The van der Waals surface area contributed by atoms with E-state index in [1.54, 1.807) is 19.1 Å². The molecular weight excluding hydrogens is 444 g/mol. The molecule has 1 N–H and O–H groups in total. The van der Waals surface area contributed by atoms with Gasteiger partial charge in [-0.05, 0) is 37.1 Å². The van der Waals surface area contributed by atoms with Gasteiger partial charge in [-0.3, -0.25) is 9.10 Å². The van der Waals surface area contributed by atoms with Gasteiger partial charge in [-0.1, -0.05) is 24.3 Å². The number of sulfonamides is 1. The lowest BCUT2D eigenvalue weighted by Crippen LogP contribution is -2.42. The minimum atomic E-state index is -4.14. The molecule has 0 bridgehead atoms. The van der Waals surface area contributed by atoms with Gasteiger partial charge in [0.15, 0.2) is 16.4 Å². The number of nitrogens with zero attached hydrogens (tertiary/aromatic N) is 1. The number of amides is 1. The Labute approximate surface area is 194 Å². The van der Waals surface area contributed by atoms with Gasteiger partial charge >= 0.3 is 0 Å². The number of hydrogen-bond acceptors (Lipinski definition) is 6. The predicted octanol–water partition coefficient (Wildman–Crippen LogP) is 3.27. The maximum atomic E-state index is 13.4. The van der Waals surface area contributed by atoms with Crippen LogP contribution >= 0.6 is 0 Å². The van der Waals surface area contributed by atoms with Crippen molar-refractivity contribution >= 4 is 27.2 Å². The molecule has 1 heterocycles. The van der Waals surface area contributed by atoms with Crippen LogP contribution in [0.15, 0.2) is 54.0 Å². The van der Waals surface area contributed by atoms with Crippen molar-refractivity contribution in [3.63, 3.8) is 0 Å². The third kappa shape index (κ3) is 4.68. The van der Waals surface area contributed by atoms with Crippen LogP contribution in [0.2, 0.25) is 0 Å². The summed E-state index contributed by atoms with van der Waals surface area (Å²) in [5, 5.41) is 2.66. The molecule has 2 aromatic carbocycles. The Hall–Kier alpha value is -3.46. The molecule has 0 saturated carbocycles. The van der Waals surface area contributed by atoms with E-state index in [0.29, 0.717) is 34.1 Å². The molecule has 0 unspecified atom stereocenters. The Kier molecular flexibility index (Phi) is 7.33. The molecule has 0 saturated heterocycles. The number of nitrogens with one attached hydrogen (secondary N) is 1. The van der Waals surface area contributed by atoms with Crippen molar-refractivity contribution in [2.75, 3.05) is 38.2 Å². The van der Waals surface area contributed by atoms with E-state index in [0.717, 1.165) is 9.87 Å². The lowest BCUT2D eigenvalue weighted by molar-refractivity contribution is -0.116. The fraction of sp³-hybridized carbons (Fsp3) is 0.292. The number of anilines is 1. The molecule has 176 valence electrons. The van der Waals surface area contributed by atoms with Crippen LogP contribution in [0.3, 0.4) is 0 Å². The number of fused-ring (bicyclic) bond motifs is 1. The fourth-order valence-corrected chi connectivity index (χ4v) is 5.39. The number of ether oxygens (including phenoxy) is 3. The molecule has 0 fully saturated rings. The van der Waals surface area contributed by atoms with E-state index < -0.39 is 15.9 Å². The molecule has 8 nitrogen and oxygen atoms in total. The van der Waals surface area contributed by atoms with E-state index in [1.807, 2.05) is 31.2 Å². The number of hydrogen-bond donors (Lipinski definition) is 1. The topological polar surface area (TPSA) is 94.2 Å². The minimum absolute atomic E-state index is 0.00866. The van der Waals surface area contributed by atoms with Crippen molar-refractivity contribution in [3.05, 3.63) is 65.1 Å². The molecule has 1 amide bonds. The maximum Gasteiger partial charge on any atom is 0.270 e. The number of carbonyl (C=O) groups excluding carboxylic acids is 1. The van der Waals surface area contributed by atoms with Gasteiger partial charge in [0.2, 0.25) is 0 Å². The van der Waals surface area contributed by atoms with Crippen LogP contribution in [0.1, 0.15) is 18.1 Å². The Morgan fingerprint density at radius 2 is 1.76 bits per heavy atom. The van der Waals surface area contributed by atoms with E-state index in [-0.39, 0.29) is 24.6 Å². The molecule has 1 aliphatic rings. The summed E-state index contributed by atoms with van der Waals surface area (Å²) in [6, 6.07) is 10.8. The molecule has 0 spiro atoms. The molecular formula is C24H28N2O6S. The highest BCUT2D eigenvalue weighted by Crippen LogP contribution is 2.44. The normalized spacial score (nSPS) is 14.4. The van der Waals surface area contributed by atoms with Crippen molar-refractivity contribution < 1.29 is 27.4 Å². The zero-order chi connectivity index (χ0) is 24.2. The first-order valence-electron chi connectivity index (χ1n) is 10.3. The summed E-state index contributed by atoms with van der Waals surface area (Å²) in [4.78, 5) is 12.7. The van der Waals surface area contributed by atoms with Gasteiger partial charge in [0.25, 0.3) is 15.9 Å². The van der Waals surface area contributed by atoms with E-state index >= 15 is 0 Å². The Morgan fingerprint density at radius 1 is 1.09 bits per heavy atom. The van der Waals surface area contributed by atoms with E-state index in [4.69, 9.17) is 14.2 Å². The van der Waals surface area contributed by atoms with Crippen molar-refractivity contribution in [2.45, 2.75) is 13.8 Å². The van der Waals surface area contributed by atoms with Crippen LogP contribution in [-0.4, -0.2) is 48.2 Å². The highest BCUT2D eigenvalue weighted by atomic mass is 32.2. The summed E-state index contributed by atoms with van der Waals surface area (Å²) >= 11 is 0. The molecule has 0 atom stereocenters. The Balaban J connectivity index is 1.91. The molecule has 33 heavy (non-hydrogen) atoms. The van der Waals surface area contributed by atoms with Crippen LogP contribution in [-0.2, 0) is 14.8 Å². The molecule has 0 radical (unpaired) electrons. The molecule has 0 aromatic heterocycles. The zero-order valence-electron chi connectivity index (χ0n) is 19.2. The standard InChI is InChI=1S/C24H28N2O6S/c1-6-12-26-19-15-22(31-5)21(30-4)14-18(19)17(3)23(33(26,28)29)24(27)25-11-13-32-20-10-8-7-9-16(20)2/h6-10,14-15H,1,11-13H2,2-5H3,(H,25,27). The van der Waals surface area contributed by atoms with Crippen LogP contribution in [0.4, 0.5) is 5.69 Å². The van der Waals surface area contributed by atoms with Gasteiger partial charge in [-0.2, -0.15) is 0 Å². The molecule has 1 aliphatic heterocycles. The fourth-order valence-electron chi connectivity index (χ4n) is 3.66. The van der Waals surface area contributed by atoms with Crippen molar-refractivity contribution in [2.24, 2.45) is 0 Å². The van der Waals surface area contributed by atoms with Gasteiger partial charge < -0.3 is 19.5 Å². The highest BCUT2D eigenvalue weighted by molar-refractivity contribution is 7.97. The van der Waals surface area contributed by atoms with Gasteiger partial charge in [0.1, 0.15) is 12.4 Å². The maximum absolute atomic E-state index is 13.4. The number of carbonyl (C=O) groups is 1. The summed E-state index contributed by atoms with van der Waals surface area (Å²) in [5.41, 5.74) is 2.25. The van der Waals surface area contributed by atoms with Crippen LogP contribution < -0.4 is 23.8 Å². The second kappa shape index (κ2) is 9.99.